The molecular formula is C18H20BFN4O4. The van der Waals surface area contributed by atoms with Gasteiger partial charge in [0.25, 0.3) is 11.5 Å². The Bertz CT molecular complexity index is 963. The fourth-order valence-corrected chi connectivity index (χ4v) is 2.49. The van der Waals surface area contributed by atoms with Crippen LogP contribution in [0.2, 0.25) is 0 Å². The normalized spacial score (nSPS) is 11.7. The number of aromatic nitrogens is 1. The first-order valence-corrected chi connectivity index (χ1v) is 8.23. The van der Waals surface area contributed by atoms with Gasteiger partial charge in [0, 0.05) is 13.1 Å². The Morgan fingerprint density at radius 1 is 1.46 bits per heavy atom. The Hall–Kier alpha value is -3.11. The largest absolute Gasteiger partial charge is 0.394 e. The average Bonchev–Trinajstić information content (AvgIpc) is 2.65. The number of halogens is 1. The van der Waals surface area contributed by atoms with Crippen molar-refractivity contribution in [1.82, 2.24) is 9.47 Å². The van der Waals surface area contributed by atoms with E-state index in [-0.39, 0.29) is 34.8 Å². The van der Waals surface area contributed by atoms with Gasteiger partial charge in [0.15, 0.2) is 0 Å². The standard InChI is InChI=1S/C18H20BFN4O4/c1-3-24(8-11(26)9-25)18(28)16-14(7-15(27)23(2)17(16)21)22-13-5-4-10(19)6-12(13)20/h3-7,11,22,25-26H,1,8-9,21H2,2H3/t11-/m0/s1. The number of aliphatic hydroxyl groups excluding tert-OH is 2. The third-order valence-electron chi connectivity index (χ3n) is 4.06. The molecule has 0 saturated carbocycles. The lowest BCUT2D eigenvalue weighted by Crippen LogP contribution is -2.36. The van der Waals surface area contributed by atoms with Crippen molar-refractivity contribution in [2.24, 2.45) is 7.05 Å². The third-order valence-corrected chi connectivity index (χ3v) is 4.06. The molecule has 2 aromatic rings. The Morgan fingerprint density at radius 2 is 2.14 bits per heavy atom. The molecule has 28 heavy (non-hydrogen) atoms. The van der Waals surface area contributed by atoms with Crippen LogP contribution >= 0.6 is 0 Å². The number of anilines is 3. The summed E-state index contributed by atoms with van der Waals surface area (Å²) >= 11 is 0. The van der Waals surface area contributed by atoms with Gasteiger partial charge >= 0.3 is 0 Å². The average molecular weight is 386 g/mol. The van der Waals surface area contributed by atoms with Crippen LogP contribution in [0.1, 0.15) is 10.4 Å². The summed E-state index contributed by atoms with van der Waals surface area (Å²) in [5, 5.41) is 21.3. The first kappa shape index (κ1) is 21.2. The van der Waals surface area contributed by atoms with Gasteiger partial charge in [-0.05, 0) is 18.3 Å². The van der Waals surface area contributed by atoms with E-state index >= 15 is 0 Å². The summed E-state index contributed by atoms with van der Waals surface area (Å²) in [6, 6.07) is 4.99. The molecule has 0 aliphatic heterocycles. The van der Waals surface area contributed by atoms with E-state index in [0.717, 1.165) is 27.8 Å². The van der Waals surface area contributed by atoms with Crippen molar-refractivity contribution in [2.75, 3.05) is 24.2 Å². The van der Waals surface area contributed by atoms with E-state index in [1.165, 1.54) is 19.2 Å². The zero-order valence-corrected chi connectivity index (χ0v) is 15.2. The van der Waals surface area contributed by atoms with Crippen molar-refractivity contribution < 1.29 is 19.4 Å². The second kappa shape index (κ2) is 8.72. The molecule has 10 heteroatoms. The monoisotopic (exact) mass is 386 g/mol. The first-order chi connectivity index (χ1) is 13.2. The second-order valence-corrected chi connectivity index (χ2v) is 6.06. The quantitative estimate of drug-likeness (QED) is 0.480. The zero-order chi connectivity index (χ0) is 21.0. The van der Waals surface area contributed by atoms with Gasteiger partial charge in [-0.25, -0.2) is 4.39 Å². The van der Waals surface area contributed by atoms with Gasteiger partial charge in [-0.1, -0.05) is 18.1 Å². The number of nitrogens with two attached hydrogens (primary N) is 1. The van der Waals surface area contributed by atoms with E-state index < -0.39 is 30.0 Å². The number of nitrogen functional groups attached to an aromatic ring is 1. The van der Waals surface area contributed by atoms with Crippen LogP contribution in [0.25, 0.3) is 0 Å². The van der Waals surface area contributed by atoms with E-state index in [4.69, 9.17) is 18.7 Å². The molecule has 5 N–H and O–H groups in total. The highest BCUT2D eigenvalue weighted by molar-refractivity contribution is 6.32. The maximum absolute atomic E-state index is 14.2. The van der Waals surface area contributed by atoms with Gasteiger partial charge in [0.05, 0.1) is 30.6 Å². The fraction of sp³-hybridized carbons (Fsp3) is 0.222. The predicted octanol–water partition coefficient (Wildman–Crippen LogP) is -0.417. The maximum Gasteiger partial charge on any atom is 0.263 e. The maximum atomic E-state index is 14.2. The van der Waals surface area contributed by atoms with Gasteiger partial charge in [-0.15, -0.1) is 0 Å². The lowest BCUT2D eigenvalue weighted by Gasteiger charge is -2.23. The smallest absolute Gasteiger partial charge is 0.263 e. The highest BCUT2D eigenvalue weighted by atomic mass is 19.1. The summed E-state index contributed by atoms with van der Waals surface area (Å²) in [6.07, 6.45) is -0.0547. The molecule has 146 valence electrons. The molecule has 8 nitrogen and oxygen atoms in total. The molecule has 1 atom stereocenters. The van der Waals surface area contributed by atoms with E-state index in [1.807, 2.05) is 0 Å². The van der Waals surface area contributed by atoms with Gasteiger partial charge in [-0.3, -0.25) is 14.2 Å². The van der Waals surface area contributed by atoms with Gasteiger partial charge < -0.3 is 26.2 Å². The van der Waals surface area contributed by atoms with Crippen LogP contribution < -0.4 is 22.1 Å². The molecule has 1 heterocycles. The highest BCUT2D eigenvalue weighted by Crippen LogP contribution is 2.26. The number of nitrogens with zero attached hydrogens (tertiary/aromatic N) is 2. The molecule has 0 saturated heterocycles. The lowest BCUT2D eigenvalue weighted by molar-refractivity contribution is 0.0566. The van der Waals surface area contributed by atoms with Crippen molar-refractivity contribution in [3.63, 3.8) is 0 Å². The molecule has 0 bridgehead atoms. The minimum atomic E-state index is -1.21. The molecule has 0 fully saturated rings. The Balaban J connectivity index is 2.56. The number of amides is 1. The van der Waals surface area contributed by atoms with Crippen LogP contribution in [0.4, 0.5) is 21.6 Å². The number of hydrogen-bond acceptors (Lipinski definition) is 6. The number of aliphatic hydroxyl groups is 2. The number of carbonyl (C=O) groups excluding carboxylic acids is 1. The number of rotatable bonds is 7. The molecule has 2 rings (SSSR count). The van der Waals surface area contributed by atoms with Gasteiger partial charge in [-0.2, -0.15) is 0 Å². The lowest BCUT2D eigenvalue weighted by atomic mass is 9.96. The van der Waals surface area contributed by atoms with E-state index in [2.05, 4.69) is 11.9 Å². The molecule has 1 aromatic heterocycles. The minimum absolute atomic E-state index is 0.0172. The molecule has 0 aliphatic carbocycles. The summed E-state index contributed by atoms with van der Waals surface area (Å²) in [5.74, 6) is -1.55. The van der Waals surface area contributed by atoms with E-state index in [9.17, 15) is 19.1 Å². The number of carbonyl (C=O) groups is 1. The summed E-state index contributed by atoms with van der Waals surface area (Å²) in [7, 11) is 6.91. The fourth-order valence-electron chi connectivity index (χ4n) is 2.49. The van der Waals surface area contributed by atoms with Crippen LogP contribution in [-0.2, 0) is 7.05 Å². The Labute approximate surface area is 162 Å². The first-order valence-electron chi connectivity index (χ1n) is 8.23. The molecular weight excluding hydrogens is 366 g/mol. The summed E-state index contributed by atoms with van der Waals surface area (Å²) < 4.78 is 15.2. The minimum Gasteiger partial charge on any atom is -0.394 e. The number of hydrogen-bond donors (Lipinski definition) is 4. The summed E-state index contributed by atoms with van der Waals surface area (Å²) in [4.78, 5) is 26.1. The number of nitrogens with one attached hydrogen (secondary N) is 1. The molecule has 1 amide bonds. The summed E-state index contributed by atoms with van der Waals surface area (Å²) in [6.45, 7) is 2.69. The van der Waals surface area contributed by atoms with E-state index in [0.29, 0.717) is 0 Å². The van der Waals surface area contributed by atoms with Crippen molar-refractivity contribution >= 4 is 36.4 Å². The second-order valence-electron chi connectivity index (χ2n) is 6.06. The van der Waals surface area contributed by atoms with Crippen molar-refractivity contribution in [3.05, 3.63) is 58.8 Å². The van der Waals surface area contributed by atoms with Crippen molar-refractivity contribution in [3.8, 4) is 0 Å². The Morgan fingerprint density at radius 3 is 2.71 bits per heavy atom. The van der Waals surface area contributed by atoms with Crippen LogP contribution in [0.15, 0.2) is 41.8 Å². The molecule has 1 aromatic carbocycles. The number of pyridine rings is 1. The van der Waals surface area contributed by atoms with Crippen molar-refractivity contribution in [2.45, 2.75) is 6.10 Å². The molecule has 2 radical (unpaired) electrons. The van der Waals surface area contributed by atoms with Crippen LogP contribution in [0.5, 0.6) is 0 Å². The summed E-state index contributed by atoms with van der Waals surface area (Å²) in [5.41, 5.74) is 5.49. The van der Waals surface area contributed by atoms with Gasteiger partial charge in [0.1, 0.15) is 25.0 Å². The van der Waals surface area contributed by atoms with E-state index in [1.54, 1.807) is 0 Å². The van der Waals surface area contributed by atoms with Gasteiger partial charge in [0.2, 0.25) is 0 Å². The molecule has 0 unspecified atom stereocenters. The molecule has 0 spiro atoms. The van der Waals surface area contributed by atoms with Crippen LogP contribution in [0.3, 0.4) is 0 Å². The van der Waals surface area contributed by atoms with Crippen LogP contribution in [-0.4, -0.2) is 52.7 Å². The molecule has 0 aliphatic rings. The predicted molar refractivity (Wildman–Crippen MR) is 105 cm³/mol. The number of benzene rings is 1. The van der Waals surface area contributed by atoms with Crippen molar-refractivity contribution in [1.29, 1.82) is 0 Å². The third kappa shape index (κ3) is 4.41. The SMILES string of the molecule is [B]c1ccc(Nc2cc(=O)n(C)c(N)c2C(=O)N(C=C)C[C@H](O)CO)c(F)c1. The Kier molecular flexibility index (Phi) is 6.60. The van der Waals surface area contributed by atoms with Crippen LogP contribution in [0, 0.1) is 5.82 Å². The zero-order valence-electron chi connectivity index (χ0n) is 15.2. The topological polar surface area (TPSA) is 121 Å². The highest BCUT2D eigenvalue weighted by Gasteiger charge is 2.24.